The van der Waals surface area contributed by atoms with Crippen LogP contribution in [0, 0.1) is 6.92 Å². The molecule has 0 aliphatic carbocycles. The van der Waals surface area contributed by atoms with Crippen molar-refractivity contribution < 1.29 is 18.6 Å². The van der Waals surface area contributed by atoms with Gasteiger partial charge in [-0.05, 0) is 19.1 Å². The van der Waals surface area contributed by atoms with E-state index in [4.69, 9.17) is 10.2 Å². The van der Waals surface area contributed by atoms with Gasteiger partial charge < -0.3 is 10.2 Å². The van der Waals surface area contributed by atoms with E-state index in [-0.39, 0.29) is 11.4 Å². The van der Waals surface area contributed by atoms with Crippen LogP contribution in [0.4, 0.5) is 0 Å². The molecule has 0 aromatic heterocycles. The largest absolute Gasteiger partial charge is 0.394 e. The lowest BCUT2D eigenvalue weighted by molar-refractivity contribution is 0.0988. The minimum absolute atomic E-state index is 0.142. The van der Waals surface area contributed by atoms with Crippen molar-refractivity contribution in [1.29, 1.82) is 0 Å². The SMILES string of the molecule is Cc1ccc(S(=O)(=O)NC[C@@H](O)CO)cc1. The van der Waals surface area contributed by atoms with Crippen LogP contribution in [0.1, 0.15) is 5.56 Å². The molecule has 1 atom stereocenters. The van der Waals surface area contributed by atoms with E-state index in [1.54, 1.807) is 12.1 Å². The molecule has 1 aromatic carbocycles. The van der Waals surface area contributed by atoms with E-state index in [0.29, 0.717) is 0 Å². The highest BCUT2D eigenvalue weighted by molar-refractivity contribution is 7.89. The first-order chi connectivity index (χ1) is 7.45. The molecule has 5 nitrogen and oxygen atoms in total. The maximum Gasteiger partial charge on any atom is 0.240 e. The van der Waals surface area contributed by atoms with Gasteiger partial charge in [0.1, 0.15) is 0 Å². The average Bonchev–Trinajstić information content (AvgIpc) is 2.26. The van der Waals surface area contributed by atoms with E-state index in [1.807, 2.05) is 6.92 Å². The van der Waals surface area contributed by atoms with Crippen LogP contribution in [0.5, 0.6) is 0 Å². The van der Waals surface area contributed by atoms with Crippen molar-refractivity contribution in [2.45, 2.75) is 17.9 Å². The highest BCUT2D eigenvalue weighted by Crippen LogP contribution is 2.09. The first-order valence-electron chi connectivity index (χ1n) is 4.81. The Labute approximate surface area is 94.8 Å². The molecule has 0 aliphatic heterocycles. The lowest BCUT2D eigenvalue weighted by Gasteiger charge is -2.09. The van der Waals surface area contributed by atoms with E-state index >= 15 is 0 Å². The monoisotopic (exact) mass is 245 g/mol. The summed E-state index contributed by atoms with van der Waals surface area (Å²) in [4.78, 5) is 0.142. The predicted molar refractivity (Wildman–Crippen MR) is 59.5 cm³/mol. The summed E-state index contributed by atoms with van der Waals surface area (Å²) in [7, 11) is -3.60. The summed E-state index contributed by atoms with van der Waals surface area (Å²) in [6, 6.07) is 6.36. The average molecular weight is 245 g/mol. The molecule has 1 aromatic rings. The van der Waals surface area contributed by atoms with Crippen molar-refractivity contribution in [2.24, 2.45) is 0 Å². The van der Waals surface area contributed by atoms with Gasteiger partial charge in [-0.25, -0.2) is 13.1 Å². The van der Waals surface area contributed by atoms with Crippen LogP contribution in [0.25, 0.3) is 0 Å². The molecule has 0 heterocycles. The molecule has 6 heteroatoms. The van der Waals surface area contributed by atoms with Crippen molar-refractivity contribution >= 4 is 10.0 Å². The Morgan fingerprint density at radius 3 is 2.38 bits per heavy atom. The number of hydrogen-bond acceptors (Lipinski definition) is 4. The highest BCUT2D eigenvalue weighted by atomic mass is 32.2. The van der Waals surface area contributed by atoms with Crippen LogP contribution in [0.3, 0.4) is 0 Å². The minimum atomic E-state index is -3.60. The van der Waals surface area contributed by atoms with Crippen molar-refractivity contribution in [3.63, 3.8) is 0 Å². The van der Waals surface area contributed by atoms with E-state index in [1.165, 1.54) is 12.1 Å². The standard InChI is InChI=1S/C10H15NO4S/c1-8-2-4-10(5-3-8)16(14,15)11-6-9(13)7-12/h2-5,9,11-13H,6-7H2,1H3/t9-/m1/s1. The Bertz CT molecular complexity index is 427. The Kier molecular flexibility index (Phi) is 4.43. The smallest absolute Gasteiger partial charge is 0.240 e. The first kappa shape index (κ1) is 13.1. The summed E-state index contributed by atoms with van der Waals surface area (Å²) < 4.78 is 25.5. The number of benzene rings is 1. The van der Waals surface area contributed by atoms with Gasteiger partial charge in [0.25, 0.3) is 0 Å². The molecule has 0 aliphatic rings. The molecule has 0 amide bonds. The third-order valence-electron chi connectivity index (χ3n) is 2.05. The summed E-state index contributed by atoms with van der Waals surface area (Å²) in [6.07, 6.45) is -1.08. The Hall–Kier alpha value is -0.950. The molecule has 0 saturated carbocycles. The molecule has 0 unspecified atom stereocenters. The molecule has 16 heavy (non-hydrogen) atoms. The number of nitrogens with one attached hydrogen (secondary N) is 1. The lowest BCUT2D eigenvalue weighted by atomic mass is 10.2. The molecule has 0 spiro atoms. The van der Waals surface area contributed by atoms with Crippen molar-refractivity contribution in [2.75, 3.05) is 13.2 Å². The predicted octanol–water partition coefficient (Wildman–Crippen LogP) is -0.373. The molecule has 90 valence electrons. The number of sulfonamides is 1. The fraction of sp³-hybridized carbons (Fsp3) is 0.400. The molecular weight excluding hydrogens is 230 g/mol. The van der Waals surface area contributed by atoms with Crippen LogP contribution >= 0.6 is 0 Å². The first-order valence-corrected chi connectivity index (χ1v) is 6.29. The van der Waals surface area contributed by atoms with Gasteiger partial charge in [-0.15, -0.1) is 0 Å². The van der Waals surface area contributed by atoms with Crippen molar-refractivity contribution in [3.05, 3.63) is 29.8 Å². The summed E-state index contributed by atoms with van der Waals surface area (Å²) in [6.45, 7) is 1.18. The maximum absolute atomic E-state index is 11.7. The van der Waals surface area contributed by atoms with Crippen LogP contribution in [-0.4, -0.2) is 37.9 Å². The normalized spacial score (nSPS) is 13.7. The van der Waals surface area contributed by atoms with Gasteiger partial charge in [-0.2, -0.15) is 0 Å². The van der Waals surface area contributed by atoms with Crippen LogP contribution in [0.15, 0.2) is 29.2 Å². The van der Waals surface area contributed by atoms with Crippen LogP contribution in [0.2, 0.25) is 0 Å². The third-order valence-corrected chi connectivity index (χ3v) is 3.49. The Morgan fingerprint density at radius 2 is 1.88 bits per heavy atom. The van der Waals surface area contributed by atoms with E-state index < -0.39 is 22.7 Å². The van der Waals surface area contributed by atoms with E-state index in [2.05, 4.69) is 4.72 Å². The van der Waals surface area contributed by atoms with Gasteiger partial charge in [0.15, 0.2) is 0 Å². The number of aryl methyl sites for hydroxylation is 1. The minimum Gasteiger partial charge on any atom is -0.394 e. The Morgan fingerprint density at radius 1 is 1.31 bits per heavy atom. The van der Waals surface area contributed by atoms with Crippen LogP contribution < -0.4 is 4.72 Å². The second-order valence-electron chi connectivity index (χ2n) is 3.50. The highest BCUT2D eigenvalue weighted by Gasteiger charge is 2.14. The number of rotatable bonds is 5. The molecule has 1 rings (SSSR count). The lowest BCUT2D eigenvalue weighted by Crippen LogP contribution is -2.33. The zero-order valence-electron chi connectivity index (χ0n) is 8.92. The zero-order chi connectivity index (χ0) is 12.2. The quantitative estimate of drug-likeness (QED) is 0.660. The second-order valence-corrected chi connectivity index (χ2v) is 5.27. The maximum atomic E-state index is 11.7. The van der Waals surface area contributed by atoms with E-state index in [9.17, 15) is 8.42 Å². The summed E-state index contributed by atoms with van der Waals surface area (Å²) in [5.74, 6) is 0. The number of hydrogen-bond donors (Lipinski definition) is 3. The van der Waals surface area contributed by atoms with Crippen molar-refractivity contribution in [1.82, 2.24) is 4.72 Å². The molecule has 3 N–H and O–H groups in total. The fourth-order valence-electron chi connectivity index (χ4n) is 1.07. The van der Waals surface area contributed by atoms with Gasteiger partial charge in [-0.3, -0.25) is 0 Å². The summed E-state index contributed by atoms with van der Waals surface area (Å²) >= 11 is 0. The zero-order valence-corrected chi connectivity index (χ0v) is 9.74. The second kappa shape index (κ2) is 5.40. The topological polar surface area (TPSA) is 86.6 Å². The van der Waals surface area contributed by atoms with Gasteiger partial charge in [0, 0.05) is 6.54 Å². The molecule has 0 fully saturated rings. The van der Waals surface area contributed by atoms with Gasteiger partial charge in [-0.1, -0.05) is 17.7 Å². The van der Waals surface area contributed by atoms with Crippen molar-refractivity contribution in [3.8, 4) is 0 Å². The molecule has 0 saturated heterocycles. The van der Waals surface area contributed by atoms with Gasteiger partial charge in [0.2, 0.25) is 10.0 Å². The van der Waals surface area contributed by atoms with E-state index in [0.717, 1.165) is 5.56 Å². The fourth-order valence-corrected chi connectivity index (χ4v) is 2.14. The summed E-state index contributed by atoms with van der Waals surface area (Å²) in [5, 5.41) is 17.6. The van der Waals surface area contributed by atoms with Crippen LogP contribution in [-0.2, 0) is 10.0 Å². The molecular formula is C10H15NO4S. The molecule has 0 bridgehead atoms. The van der Waals surface area contributed by atoms with Gasteiger partial charge in [0.05, 0.1) is 17.6 Å². The summed E-state index contributed by atoms with van der Waals surface area (Å²) in [5.41, 5.74) is 0.967. The molecule has 0 radical (unpaired) electrons. The van der Waals surface area contributed by atoms with Gasteiger partial charge >= 0.3 is 0 Å². The Balaban J connectivity index is 2.74. The number of aliphatic hydroxyl groups is 2. The number of aliphatic hydroxyl groups excluding tert-OH is 2. The third kappa shape index (κ3) is 3.57.